The smallest absolute Gasteiger partial charge is 0.328 e. The lowest BCUT2D eigenvalue weighted by Gasteiger charge is -2.19. The second-order valence-electron chi connectivity index (χ2n) is 4.30. The number of amides is 2. The van der Waals surface area contributed by atoms with Gasteiger partial charge in [-0.25, -0.2) is 9.59 Å². The Bertz CT molecular complexity index is 276. The van der Waals surface area contributed by atoms with Gasteiger partial charge in [-0.3, -0.25) is 0 Å². The highest BCUT2D eigenvalue weighted by Gasteiger charge is 2.30. The maximum Gasteiger partial charge on any atom is 0.328 e. The summed E-state index contributed by atoms with van der Waals surface area (Å²) in [6.07, 6.45) is 1.07. The first-order valence-corrected chi connectivity index (χ1v) is 5.39. The van der Waals surface area contributed by atoms with Crippen molar-refractivity contribution < 1.29 is 19.8 Å². The first kappa shape index (κ1) is 12.8. The SMILES string of the molecule is CC(O)C(NC(=O)NC(C)C1CC1)C(=O)O. The van der Waals surface area contributed by atoms with Gasteiger partial charge in [0, 0.05) is 6.04 Å². The summed E-state index contributed by atoms with van der Waals surface area (Å²) in [6.45, 7) is 3.21. The molecule has 0 aromatic carbocycles. The number of rotatable bonds is 5. The van der Waals surface area contributed by atoms with Crippen LogP contribution in [-0.2, 0) is 4.79 Å². The molecular weight excluding hydrogens is 212 g/mol. The monoisotopic (exact) mass is 230 g/mol. The minimum atomic E-state index is -1.27. The number of hydrogen-bond donors (Lipinski definition) is 4. The van der Waals surface area contributed by atoms with Crippen LogP contribution in [0.5, 0.6) is 0 Å². The van der Waals surface area contributed by atoms with Gasteiger partial charge in [-0.05, 0) is 32.6 Å². The van der Waals surface area contributed by atoms with Gasteiger partial charge in [-0.15, -0.1) is 0 Å². The Balaban J connectivity index is 2.38. The minimum absolute atomic E-state index is 0.0449. The molecule has 1 rings (SSSR count). The van der Waals surface area contributed by atoms with Crippen LogP contribution in [0.15, 0.2) is 0 Å². The summed E-state index contributed by atoms with van der Waals surface area (Å²) >= 11 is 0. The number of carbonyl (C=O) groups excluding carboxylic acids is 1. The first-order valence-electron chi connectivity index (χ1n) is 5.39. The van der Waals surface area contributed by atoms with Gasteiger partial charge in [0.05, 0.1) is 6.10 Å². The van der Waals surface area contributed by atoms with Gasteiger partial charge in [-0.2, -0.15) is 0 Å². The Morgan fingerprint density at radius 1 is 1.25 bits per heavy atom. The molecule has 1 aliphatic carbocycles. The third-order valence-electron chi connectivity index (χ3n) is 2.72. The predicted molar refractivity (Wildman–Crippen MR) is 57.0 cm³/mol. The van der Waals surface area contributed by atoms with E-state index in [0.29, 0.717) is 5.92 Å². The molecule has 0 spiro atoms. The average molecular weight is 230 g/mol. The number of aliphatic carboxylic acids is 1. The molecular formula is C10H18N2O4. The summed E-state index contributed by atoms with van der Waals surface area (Å²) in [5, 5.41) is 22.8. The van der Waals surface area contributed by atoms with Gasteiger partial charge in [0.15, 0.2) is 6.04 Å². The molecule has 16 heavy (non-hydrogen) atoms. The predicted octanol–water partition coefficient (Wildman–Crippen LogP) is -0.0819. The fraction of sp³-hybridized carbons (Fsp3) is 0.800. The standard InChI is InChI=1S/C10H18N2O4/c1-5(7-3-4-7)11-10(16)12-8(6(2)13)9(14)15/h5-8,13H,3-4H2,1-2H3,(H,14,15)(H2,11,12,16). The van der Waals surface area contributed by atoms with Crippen LogP contribution in [0.2, 0.25) is 0 Å². The van der Waals surface area contributed by atoms with E-state index in [4.69, 9.17) is 10.2 Å². The first-order chi connectivity index (χ1) is 7.41. The van der Waals surface area contributed by atoms with Crippen molar-refractivity contribution >= 4 is 12.0 Å². The topological polar surface area (TPSA) is 98.7 Å². The number of aliphatic hydroxyl groups is 1. The second kappa shape index (κ2) is 5.16. The third-order valence-corrected chi connectivity index (χ3v) is 2.72. The molecule has 1 fully saturated rings. The van der Waals surface area contributed by atoms with Crippen molar-refractivity contribution in [1.29, 1.82) is 0 Å². The summed E-state index contributed by atoms with van der Waals surface area (Å²) < 4.78 is 0. The van der Waals surface area contributed by atoms with Gasteiger partial charge in [-0.1, -0.05) is 0 Å². The molecule has 0 aliphatic heterocycles. The summed E-state index contributed by atoms with van der Waals surface area (Å²) in [5.74, 6) is -0.746. The van der Waals surface area contributed by atoms with Crippen LogP contribution in [0.25, 0.3) is 0 Å². The lowest BCUT2D eigenvalue weighted by Crippen LogP contribution is -2.52. The van der Waals surface area contributed by atoms with E-state index in [-0.39, 0.29) is 6.04 Å². The zero-order valence-electron chi connectivity index (χ0n) is 9.43. The Morgan fingerprint density at radius 3 is 2.19 bits per heavy atom. The van der Waals surface area contributed by atoms with E-state index in [1.165, 1.54) is 6.92 Å². The summed E-state index contributed by atoms with van der Waals surface area (Å²) in [7, 11) is 0. The van der Waals surface area contributed by atoms with Crippen LogP contribution in [-0.4, -0.2) is 40.4 Å². The number of nitrogens with one attached hydrogen (secondary N) is 2. The quantitative estimate of drug-likeness (QED) is 0.531. The molecule has 3 atom stereocenters. The van der Waals surface area contributed by atoms with E-state index in [1.807, 2.05) is 6.92 Å². The van der Waals surface area contributed by atoms with Crippen LogP contribution >= 0.6 is 0 Å². The summed E-state index contributed by atoms with van der Waals surface area (Å²) in [6, 6.07) is -1.78. The van der Waals surface area contributed by atoms with Crippen molar-refractivity contribution in [3.8, 4) is 0 Å². The van der Waals surface area contributed by atoms with Crippen molar-refractivity contribution in [2.24, 2.45) is 5.92 Å². The number of hydrogen-bond acceptors (Lipinski definition) is 3. The van der Waals surface area contributed by atoms with Crippen molar-refractivity contribution in [1.82, 2.24) is 10.6 Å². The number of carboxylic acid groups (broad SMARTS) is 1. The molecule has 3 unspecified atom stereocenters. The van der Waals surface area contributed by atoms with Gasteiger partial charge < -0.3 is 20.8 Å². The van der Waals surface area contributed by atoms with E-state index in [0.717, 1.165) is 12.8 Å². The van der Waals surface area contributed by atoms with E-state index in [9.17, 15) is 9.59 Å². The molecule has 0 bridgehead atoms. The molecule has 1 aliphatic rings. The number of carboxylic acids is 1. The van der Waals surface area contributed by atoms with Crippen LogP contribution < -0.4 is 10.6 Å². The molecule has 0 aromatic heterocycles. The molecule has 92 valence electrons. The number of urea groups is 1. The minimum Gasteiger partial charge on any atom is -0.480 e. The maximum atomic E-state index is 11.4. The van der Waals surface area contributed by atoms with Crippen molar-refractivity contribution in [3.63, 3.8) is 0 Å². The normalized spacial score (nSPS) is 20.7. The summed E-state index contributed by atoms with van der Waals surface area (Å²) in [4.78, 5) is 22.1. The van der Waals surface area contributed by atoms with Gasteiger partial charge >= 0.3 is 12.0 Å². The van der Waals surface area contributed by atoms with Crippen LogP contribution in [0, 0.1) is 5.92 Å². The second-order valence-corrected chi connectivity index (χ2v) is 4.30. The highest BCUT2D eigenvalue weighted by molar-refractivity contribution is 5.83. The molecule has 0 aromatic rings. The molecule has 0 saturated heterocycles. The zero-order chi connectivity index (χ0) is 12.3. The van der Waals surface area contributed by atoms with E-state index in [2.05, 4.69) is 10.6 Å². The Kier molecular flexibility index (Phi) is 4.12. The molecule has 0 heterocycles. The molecule has 2 amide bonds. The molecule has 0 radical (unpaired) electrons. The highest BCUT2D eigenvalue weighted by atomic mass is 16.4. The van der Waals surface area contributed by atoms with E-state index < -0.39 is 24.1 Å². The van der Waals surface area contributed by atoms with Gasteiger partial charge in [0.2, 0.25) is 0 Å². The Hall–Kier alpha value is -1.30. The largest absolute Gasteiger partial charge is 0.480 e. The third kappa shape index (κ3) is 3.69. The molecule has 4 N–H and O–H groups in total. The van der Waals surface area contributed by atoms with Crippen molar-refractivity contribution in [2.45, 2.75) is 44.9 Å². The van der Waals surface area contributed by atoms with E-state index >= 15 is 0 Å². The Morgan fingerprint density at radius 2 is 1.81 bits per heavy atom. The lowest BCUT2D eigenvalue weighted by molar-refractivity contribution is -0.141. The molecule has 6 nitrogen and oxygen atoms in total. The van der Waals surface area contributed by atoms with Crippen LogP contribution in [0.3, 0.4) is 0 Å². The van der Waals surface area contributed by atoms with Crippen LogP contribution in [0.4, 0.5) is 4.79 Å². The van der Waals surface area contributed by atoms with E-state index in [1.54, 1.807) is 0 Å². The average Bonchev–Trinajstić information content (AvgIpc) is 2.95. The number of carbonyl (C=O) groups is 2. The maximum absolute atomic E-state index is 11.4. The van der Waals surface area contributed by atoms with Crippen LogP contribution in [0.1, 0.15) is 26.7 Å². The van der Waals surface area contributed by atoms with Crippen molar-refractivity contribution in [2.75, 3.05) is 0 Å². The molecule has 6 heteroatoms. The van der Waals surface area contributed by atoms with Gasteiger partial charge in [0.1, 0.15) is 0 Å². The fourth-order valence-corrected chi connectivity index (χ4v) is 1.49. The van der Waals surface area contributed by atoms with Crippen molar-refractivity contribution in [3.05, 3.63) is 0 Å². The summed E-state index contributed by atoms with van der Waals surface area (Å²) in [5.41, 5.74) is 0. The highest BCUT2D eigenvalue weighted by Crippen LogP contribution is 2.32. The fourth-order valence-electron chi connectivity index (χ4n) is 1.49. The zero-order valence-corrected chi connectivity index (χ0v) is 9.43. The lowest BCUT2D eigenvalue weighted by atomic mass is 10.2. The Labute approximate surface area is 94.0 Å². The van der Waals surface area contributed by atoms with Gasteiger partial charge in [0.25, 0.3) is 0 Å². The molecule has 1 saturated carbocycles. The number of aliphatic hydroxyl groups excluding tert-OH is 1.